The molecular weight excluding hydrogens is 256 g/mol. The molecule has 104 valence electrons. The van der Waals surface area contributed by atoms with Crippen molar-refractivity contribution in [3.8, 4) is 11.8 Å². The summed E-state index contributed by atoms with van der Waals surface area (Å²) in [6.45, 7) is 7.50. The van der Waals surface area contributed by atoms with E-state index in [1.54, 1.807) is 0 Å². The largest absolute Gasteiger partial charge is 0.379 e. The minimum atomic E-state index is 0.465. The first-order valence-electron chi connectivity index (χ1n) is 6.74. The van der Waals surface area contributed by atoms with Gasteiger partial charge in [-0.1, -0.05) is 12.0 Å². The second-order valence-electron chi connectivity index (χ2n) is 4.80. The molecule has 19 heavy (non-hydrogen) atoms. The molecule has 1 fully saturated rings. The summed E-state index contributed by atoms with van der Waals surface area (Å²) in [5.41, 5.74) is 0. The van der Waals surface area contributed by atoms with Crippen molar-refractivity contribution >= 4 is 11.3 Å². The quantitative estimate of drug-likeness (QED) is 0.767. The van der Waals surface area contributed by atoms with E-state index < -0.39 is 0 Å². The van der Waals surface area contributed by atoms with E-state index in [0.717, 1.165) is 39.4 Å². The fraction of sp³-hybridized carbons (Fsp3) is 0.600. The van der Waals surface area contributed by atoms with Gasteiger partial charge in [0.2, 0.25) is 0 Å². The van der Waals surface area contributed by atoms with Crippen molar-refractivity contribution < 1.29 is 4.74 Å². The Bertz CT molecular complexity index is 415. The van der Waals surface area contributed by atoms with Crippen molar-refractivity contribution in [2.24, 2.45) is 0 Å². The summed E-state index contributed by atoms with van der Waals surface area (Å²) < 4.78 is 5.46. The molecule has 0 aromatic carbocycles. The van der Waals surface area contributed by atoms with Crippen molar-refractivity contribution in [1.29, 1.82) is 0 Å². The molecule has 0 radical (unpaired) electrons. The molecular formula is C15H22N2OS. The fourth-order valence-electron chi connectivity index (χ4n) is 2.33. The van der Waals surface area contributed by atoms with Gasteiger partial charge in [0.25, 0.3) is 0 Å². The first-order valence-corrected chi connectivity index (χ1v) is 7.62. The van der Waals surface area contributed by atoms with E-state index >= 15 is 0 Å². The highest BCUT2D eigenvalue weighted by Gasteiger charge is 2.24. The molecule has 1 aromatic rings. The van der Waals surface area contributed by atoms with Crippen molar-refractivity contribution in [2.75, 3.05) is 46.4 Å². The Balaban J connectivity index is 2.03. The highest BCUT2D eigenvalue weighted by molar-refractivity contribution is 7.10. The molecule has 0 unspecified atom stereocenters. The zero-order valence-electron chi connectivity index (χ0n) is 11.8. The number of hydrogen-bond acceptors (Lipinski definition) is 4. The Hall–Kier alpha value is -0.860. The van der Waals surface area contributed by atoms with Crippen LogP contribution in [0.1, 0.15) is 17.8 Å². The summed E-state index contributed by atoms with van der Waals surface area (Å²) in [6.07, 6.45) is 0. The molecule has 0 saturated carbocycles. The molecule has 1 aliphatic rings. The van der Waals surface area contributed by atoms with E-state index in [4.69, 9.17) is 4.74 Å². The first kappa shape index (κ1) is 14.5. The molecule has 0 amide bonds. The molecule has 3 nitrogen and oxygen atoms in total. The van der Waals surface area contributed by atoms with Gasteiger partial charge >= 0.3 is 0 Å². The number of rotatable bonds is 5. The van der Waals surface area contributed by atoms with Crippen molar-refractivity contribution in [1.82, 2.24) is 9.80 Å². The molecule has 0 spiro atoms. The third-order valence-electron chi connectivity index (χ3n) is 3.37. The van der Waals surface area contributed by atoms with Gasteiger partial charge in [0.15, 0.2) is 0 Å². The van der Waals surface area contributed by atoms with E-state index in [1.165, 1.54) is 4.88 Å². The predicted molar refractivity (Wildman–Crippen MR) is 80.4 cm³/mol. The van der Waals surface area contributed by atoms with Gasteiger partial charge in [0.1, 0.15) is 0 Å². The number of likely N-dealkylation sites (N-methyl/N-ethyl adjacent to an activating group) is 1. The number of hydrogen-bond donors (Lipinski definition) is 0. The van der Waals surface area contributed by atoms with Crippen molar-refractivity contribution in [3.63, 3.8) is 0 Å². The van der Waals surface area contributed by atoms with Crippen LogP contribution < -0.4 is 0 Å². The lowest BCUT2D eigenvalue weighted by atomic mass is 10.1. The van der Waals surface area contributed by atoms with Gasteiger partial charge < -0.3 is 4.74 Å². The number of thiophene rings is 1. The lowest BCUT2D eigenvalue weighted by molar-refractivity contribution is 0.0109. The monoisotopic (exact) mass is 278 g/mol. The molecule has 1 atom stereocenters. The van der Waals surface area contributed by atoms with Gasteiger partial charge in [-0.15, -0.1) is 17.3 Å². The van der Waals surface area contributed by atoms with Crippen LogP contribution in [0.5, 0.6) is 0 Å². The molecule has 0 bridgehead atoms. The Morgan fingerprint density at radius 3 is 2.89 bits per heavy atom. The topological polar surface area (TPSA) is 15.7 Å². The van der Waals surface area contributed by atoms with E-state index in [0.29, 0.717) is 6.04 Å². The van der Waals surface area contributed by atoms with Crippen LogP contribution in [0.15, 0.2) is 17.5 Å². The van der Waals surface area contributed by atoms with Gasteiger partial charge in [-0.3, -0.25) is 9.80 Å². The zero-order chi connectivity index (χ0) is 13.5. The SMILES string of the molecule is CC#CCN(C)C[C@@H](c1cccs1)N1CCOCC1. The van der Waals surface area contributed by atoms with E-state index in [9.17, 15) is 0 Å². The zero-order valence-corrected chi connectivity index (χ0v) is 12.6. The van der Waals surface area contributed by atoms with Gasteiger partial charge in [0.05, 0.1) is 25.8 Å². The summed E-state index contributed by atoms with van der Waals surface area (Å²) in [6, 6.07) is 4.84. The molecule has 1 saturated heterocycles. The molecule has 0 aliphatic carbocycles. The summed E-state index contributed by atoms with van der Waals surface area (Å²) in [5, 5.41) is 2.16. The third kappa shape index (κ3) is 4.32. The third-order valence-corrected chi connectivity index (χ3v) is 4.34. The minimum Gasteiger partial charge on any atom is -0.379 e. The molecule has 1 aliphatic heterocycles. The Labute approximate surface area is 120 Å². The Kier molecular flexibility index (Phi) is 5.87. The Morgan fingerprint density at radius 2 is 2.26 bits per heavy atom. The maximum Gasteiger partial charge on any atom is 0.0599 e. The maximum absolute atomic E-state index is 5.46. The van der Waals surface area contributed by atoms with Crippen LogP contribution in [0.25, 0.3) is 0 Å². The second kappa shape index (κ2) is 7.66. The average molecular weight is 278 g/mol. The highest BCUT2D eigenvalue weighted by Crippen LogP contribution is 2.26. The molecule has 2 heterocycles. The number of nitrogens with zero attached hydrogens (tertiary/aromatic N) is 2. The van der Waals surface area contributed by atoms with Crippen LogP contribution in [-0.4, -0.2) is 56.2 Å². The van der Waals surface area contributed by atoms with E-state index in [-0.39, 0.29) is 0 Å². The number of ether oxygens (including phenoxy) is 1. The maximum atomic E-state index is 5.46. The van der Waals surface area contributed by atoms with Gasteiger partial charge in [0, 0.05) is 24.5 Å². The van der Waals surface area contributed by atoms with Gasteiger partial charge in [-0.05, 0) is 25.4 Å². The predicted octanol–water partition coefficient (Wildman–Crippen LogP) is 2.08. The minimum absolute atomic E-state index is 0.465. The lowest BCUT2D eigenvalue weighted by Gasteiger charge is -2.35. The normalized spacial score (nSPS) is 18.1. The molecule has 0 N–H and O–H groups in total. The smallest absolute Gasteiger partial charge is 0.0599 e. The van der Waals surface area contributed by atoms with E-state index in [2.05, 4.69) is 46.2 Å². The van der Waals surface area contributed by atoms with Crippen LogP contribution in [-0.2, 0) is 4.74 Å². The lowest BCUT2D eigenvalue weighted by Crippen LogP contribution is -2.43. The summed E-state index contributed by atoms with van der Waals surface area (Å²) in [4.78, 5) is 6.28. The van der Waals surface area contributed by atoms with Crippen LogP contribution >= 0.6 is 11.3 Å². The van der Waals surface area contributed by atoms with Crippen molar-refractivity contribution in [3.05, 3.63) is 22.4 Å². The number of morpholine rings is 1. The van der Waals surface area contributed by atoms with E-state index in [1.807, 2.05) is 18.3 Å². The van der Waals surface area contributed by atoms with Gasteiger partial charge in [-0.2, -0.15) is 0 Å². The molecule has 4 heteroatoms. The Morgan fingerprint density at radius 1 is 1.47 bits per heavy atom. The first-order chi connectivity index (χ1) is 9.31. The van der Waals surface area contributed by atoms with Crippen LogP contribution in [0.2, 0.25) is 0 Å². The van der Waals surface area contributed by atoms with Crippen molar-refractivity contribution in [2.45, 2.75) is 13.0 Å². The highest BCUT2D eigenvalue weighted by atomic mass is 32.1. The molecule has 1 aromatic heterocycles. The fourth-order valence-corrected chi connectivity index (χ4v) is 3.18. The van der Waals surface area contributed by atoms with Crippen LogP contribution in [0.3, 0.4) is 0 Å². The summed E-state index contributed by atoms with van der Waals surface area (Å²) in [7, 11) is 2.14. The molecule has 2 rings (SSSR count). The average Bonchev–Trinajstić information content (AvgIpc) is 2.97. The van der Waals surface area contributed by atoms with Crippen LogP contribution in [0, 0.1) is 11.8 Å². The summed E-state index contributed by atoms with van der Waals surface area (Å²) >= 11 is 1.85. The standard InChI is InChI=1S/C15H22N2OS/c1-3-4-7-16(2)13-14(15-6-5-12-19-15)17-8-10-18-11-9-17/h5-6,12,14H,7-11,13H2,1-2H3/t14-/m0/s1. The summed E-state index contributed by atoms with van der Waals surface area (Å²) in [5.74, 6) is 6.10. The van der Waals surface area contributed by atoms with Gasteiger partial charge in [-0.25, -0.2) is 0 Å². The van der Waals surface area contributed by atoms with Crippen LogP contribution in [0.4, 0.5) is 0 Å². The second-order valence-corrected chi connectivity index (χ2v) is 5.78.